The topological polar surface area (TPSA) is 75.7 Å². The summed E-state index contributed by atoms with van der Waals surface area (Å²) in [7, 11) is -0.598. The number of nitrogens with one attached hydrogen (secondary N) is 1. The molecule has 0 atom stereocenters. The van der Waals surface area contributed by atoms with Gasteiger partial charge in [-0.25, -0.2) is 12.7 Å². The minimum Gasteiger partial charge on any atom is -0.494 e. The Labute approximate surface area is 161 Å². The largest absolute Gasteiger partial charge is 0.494 e. The number of sulfonamides is 1. The van der Waals surface area contributed by atoms with Gasteiger partial charge >= 0.3 is 0 Å². The fourth-order valence-electron chi connectivity index (χ4n) is 2.50. The van der Waals surface area contributed by atoms with Gasteiger partial charge in [-0.15, -0.1) is 0 Å². The molecule has 0 fully saturated rings. The van der Waals surface area contributed by atoms with E-state index in [1.54, 1.807) is 19.1 Å². The standard InChI is InChI=1S/C20H26N2O4S/c1-15-7-5-8-18(13-15)26-12-6-9-20(23)21-17-11-10-16(2)19(14-17)27(24,25)22(3)4/h5,7-8,10-11,13-14H,6,9,12H2,1-4H3,(H,21,23). The molecule has 0 unspecified atom stereocenters. The summed E-state index contributed by atoms with van der Waals surface area (Å²) in [5.41, 5.74) is 2.21. The Hall–Kier alpha value is -2.38. The molecule has 0 aliphatic carbocycles. The molecule has 2 aromatic rings. The van der Waals surface area contributed by atoms with E-state index in [0.29, 0.717) is 24.3 Å². The highest BCUT2D eigenvalue weighted by Gasteiger charge is 2.20. The number of aryl methyl sites for hydroxylation is 2. The van der Waals surface area contributed by atoms with E-state index in [4.69, 9.17) is 4.74 Å². The predicted octanol–water partition coefficient (Wildman–Crippen LogP) is 3.35. The van der Waals surface area contributed by atoms with Gasteiger partial charge in [-0.3, -0.25) is 4.79 Å². The fraction of sp³-hybridized carbons (Fsp3) is 0.350. The van der Waals surface area contributed by atoms with Gasteiger partial charge in [0.05, 0.1) is 11.5 Å². The van der Waals surface area contributed by atoms with Crippen LogP contribution in [0.1, 0.15) is 24.0 Å². The molecule has 2 rings (SSSR count). The summed E-state index contributed by atoms with van der Waals surface area (Å²) < 4.78 is 31.5. The van der Waals surface area contributed by atoms with Crippen LogP contribution in [0.25, 0.3) is 0 Å². The summed E-state index contributed by atoms with van der Waals surface area (Å²) in [4.78, 5) is 12.3. The molecule has 0 aromatic heterocycles. The Balaban J connectivity index is 1.90. The second-order valence-corrected chi connectivity index (χ2v) is 8.70. The van der Waals surface area contributed by atoms with Crippen molar-refractivity contribution < 1.29 is 17.9 Å². The summed E-state index contributed by atoms with van der Waals surface area (Å²) >= 11 is 0. The lowest BCUT2D eigenvalue weighted by molar-refractivity contribution is -0.116. The molecule has 27 heavy (non-hydrogen) atoms. The molecule has 0 heterocycles. The molecule has 0 bridgehead atoms. The van der Waals surface area contributed by atoms with Gasteiger partial charge in [0.25, 0.3) is 0 Å². The Morgan fingerprint density at radius 3 is 2.52 bits per heavy atom. The first-order chi connectivity index (χ1) is 12.7. The molecule has 0 aliphatic heterocycles. The molecule has 2 aromatic carbocycles. The minimum atomic E-state index is -3.56. The van der Waals surface area contributed by atoms with Crippen molar-refractivity contribution in [1.82, 2.24) is 4.31 Å². The van der Waals surface area contributed by atoms with Gasteiger partial charge < -0.3 is 10.1 Å². The van der Waals surface area contributed by atoms with E-state index in [9.17, 15) is 13.2 Å². The zero-order valence-electron chi connectivity index (χ0n) is 16.2. The third kappa shape index (κ3) is 5.80. The first kappa shape index (κ1) is 20.9. The van der Waals surface area contributed by atoms with Crippen LogP contribution in [-0.4, -0.2) is 39.3 Å². The second-order valence-electron chi connectivity index (χ2n) is 6.58. The van der Waals surface area contributed by atoms with Gasteiger partial charge in [-0.05, 0) is 55.7 Å². The van der Waals surface area contributed by atoms with Gasteiger partial charge in [-0.2, -0.15) is 0 Å². The summed E-state index contributed by atoms with van der Waals surface area (Å²) in [5, 5.41) is 2.75. The lowest BCUT2D eigenvalue weighted by Crippen LogP contribution is -2.23. The summed E-state index contributed by atoms with van der Waals surface area (Å²) in [6.07, 6.45) is 0.851. The van der Waals surface area contributed by atoms with E-state index in [-0.39, 0.29) is 17.2 Å². The molecule has 1 amide bonds. The zero-order valence-corrected chi connectivity index (χ0v) is 17.0. The van der Waals surface area contributed by atoms with Gasteiger partial charge in [0, 0.05) is 26.2 Å². The van der Waals surface area contributed by atoms with Crippen LogP contribution >= 0.6 is 0 Å². The van der Waals surface area contributed by atoms with Crippen molar-refractivity contribution in [2.24, 2.45) is 0 Å². The summed E-state index contributed by atoms with van der Waals surface area (Å²) in [6, 6.07) is 12.6. The number of nitrogens with zero attached hydrogens (tertiary/aromatic N) is 1. The normalized spacial score (nSPS) is 11.4. The van der Waals surface area contributed by atoms with Crippen LogP contribution in [-0.2, 0) is 14.8 Å². The second kappa shape index (κ2) is 9.01. The number of carbonyl (C=O) groups excluding carboxylic acids is 1. The number of benzene rings is 2. The van der Waals surface area contributed by atoms with Crippen LogP contribution in [0, 0.1) is 13.8 Å². The molecular formula is C20H26N2O4S. The van der Waals surface area contributed by atoms with Crippen molar-refractivity contribution >= 4 is 21.6 Å². The average Bonchev–Trinajstić information content (AvgIpc) is 2.60. The maximum absolute atomic E-state index is 12.4. The number of rotatable bonds is 8. The zero-order chi connectivity index (χ0) is 20.0. The molecule has 0 aliphatic rings. The molecule has 0 spiro atoms. The third-order valence-corrected chi connectivity index (χ3v) is 5.99. The summed E-state index contributed by atoms with van der Waals surface area (Å²) in [6.45, 7) is 4.16. The van der Waals surface area contributed by atoms with E-state index < -0.39 is 10.0 Å². The van der Waals surface area contributed by atoms with Crippen molar-refractivity contribution in [1.29, 1.82) is 0 Å². The smallest absolute Gasteiger partial charge is 0.242 e. The predicted molar refractivity (Wildman–Crippen MR) is 107 cm³/mol. The molecule has 0 radical (unpaired) electrons. The molecule has 7 heteroatoms. The Kier molecular flexibility index (Phi) is 6.98. The molecule has 1 N–H and O–H groups in total. The van der Waals surface area contributed by atoms with Crippen molar-refractivity contribution in [3.05, 3.63) is 53.6 Å². The fourth-order valence-corrected chi connectivity index (χ4v) is 3.65. The van der Waals surface area contributed by atoms with Crippen molar-refractivity contribution in [3.8, 4) is 5.75 Å². The highest BCUT2D eigenvalue weighted by molar-refractivity contribution is 7.89. The molecular weight excluding hydrogens is 364 g/mol. The van der Waals surface area contributed by atoms with E-state index in [1.807, 2.05) is 31.2 Å². The average molecular weight is 391 g/mol. The van der Waals surface area contributed by atoms with Gasteiger partial charge in [-0.1, -0.05) is 18.2 Å². The van der Waals surface area contributed by atoms with Gasteiger partial charge in [0.2, 0.25) is 15.9 Å². The lowest BCUT2D eigenvalue weighted by atomic mass is 10.2. The molecule has 0 saturated carbocycles. The maximum atomic E-state index is 12.4. The Morgan fingerprint density at radius 2 is 1.85 bits per heavy atom. The highest BCUT2D eigenvalue weighted by atomic mass is 32.2. The van der Waals surface area contributed by atoms with Crippen molar-refractivity contribution in [3.63, 3.8) is 0 Å². The molecule has 146 valence electrons. The first-order valence-corrected chi connectivity index (χ1v) is 10.2. The van der Waals surface area contributed by atoms with Crippen LogP contribution in [0.2, 0.25) is 0 Å². The SMILES string of the molecule is Cc1cccc(OCCCC(=O)Nc2ccc(C)c(S(=O)(=O)N(C)C)c2)c1. The number of anilines is 1. The van der Waals surface area contributed by atoms with Crippen LogP contribution in [0.3, 0.4) is 0 Å². The monoisotopic (exact) mass is 390 g/mol. The third-order valence-electron chi connectivity index (χ3n) is 4.04. The number of amides is 1. The van der Waals surface area contributed by atoms with Crippen molar-refractivity contribution in [2.75, 3.05) is 26.0 Å². The van der Waals surface area contributed by atoms with Crippen LogP contribution in [0.4, 0.5) is 5.69 Å². The minimum absolute atomic E-state index is 0.181. The van der Waals surface area contributed by atoms with Gasteiger partial charge in [0.15, 0.2) is 0 Å². The molecule has 0 saturated heterocycles. The first-order valence-electron chi connectivity index (χ1n) is 8.72. The number of ether oxygens (including phenoxy) is 1. The Bertz CT molecular complexity index is 908. The number of hydrogen-bond donors (Lipinski definition) is 1. The number of hydrogen-bond acceptors (Lipinski definition) is 4. The van der Waals surface area contributed by atoms with Crippen LogP contribution in [0.5, 0.6) is 5.75 Å². The van der Waals surface area contributed by atoms with Crippen molar-refractivity contribution in [2.45, 2.75) is 31.6 Å². The van der Waals surface area contributed by atoms with E-state index in [0.717, 1.165) is 15.6 Å². The molecule has 6 nitrogen and oxygen atoms in total. The summed E-state index contributed by atoms with van der Waals surface area (Å²) in [5.74, 6) is 0.604. The quantitative estimate of drug-likeness (QED) is 0.702. The van der Waals surface area contributed by atoms with E-state index in [1.165, 1.54) is 20.2 Å². The maximum Gasteiger partial charge on any atom is 0.242 e. The van der Waals surface area contributed by atoms with Crippen LogP contribution < -0.4 is 10.1 Å². The highest BCUT2D eigenvalue weighted by Crippen LogP contribution is 2.22. The Morgan fingerprint density at radius 1 is 1.11 bits per heavy atom. The van der Waals surface area contributed by atoms with E-state index >= 15 is 0 Å². The van der Waals surface area contributed by atoms with Gasteiger partial charge in [0.1, 0.15) is 5.75 Å². The van der Waals surface area contributed by atoms with Crippen LogP contribution in [0.15, 0.2) is 47.4 Å². The van der Waals surface area contributed by atoms with E-state index in [2.05, 4.69) is 5.32 Å². The number of carbonyl (C=O) groups is 1. The lowest BCUT2D eigenvalue weighted by Gasteiger charge is -2.15.